The maximum absolute atomic E-state index is 10.2. The summed E-state index contributed by atoms with van der Waals surface area (Å²) in [6.45, 7) is 2.22. The number of aliphatic hydroxyl groups is 1. The van der Waals surface area contributed by atoms with Crippen molar-refractivity contribution in [2.24, 2.45) is 0 Å². The minimum atomic E-state index is -0.460. The second kappa shape index (κ2) is 9.22. The molecule has 0 saturated heterocycles. The molecule has 0 aliphatic carbocycles. The highest BCUT2D eigenvalue weighted by atomic mass is 35.5. The molecule has 0 spiro atoms. The second-order valence-corrected chi connectivity index (χ2v) is 5.39. The van der Waals surface area contributed by atoms with E-state index < -0.39 is 6.10 Å². The van der Waals surface area contributed by atoms with Gasteiger partial charge in [0.15, 0.2) is 0 Å². The summed E-state index contributed by atoms with van der Waals surface area (Å²) in [6.07, 6.45) is 7.71. The monoisotopic (exact) mass is 284 g/mol. The fourth-order valence-electron chi connectivity index (χ4n) is 2.23. The third kappa shape index (κ3) is 5.84. The summed E-state index contributed by atoms with van der Waals surface area (Å²) in [5, 5.41) is 10.8. The molecule has 1 N–H and O–H groups in total. The minimum absolute atomic E-state index is 0.460. The number of ether oxygens (including phenoxy) is 1. The van der Waals surface area contributed by atoms with Crippen molar-refractivity contribution in [3.63, 3.8) is 0 Å². The van der Waals surface area contributed by atoms with E-state index in [0.717, 1.165) is 18.4 Å². The molecule has 0 radical (unpaired) electrons. The van der Waals surface area contributed by atoms with E-state index in [1.165, 1.54) is 32.1 Å². The maximum atomic E-state index is 10.2. The molecule has 1 aromatic carbocycles. The largest absolute Gasteiger partial charge is 0.496 e. The van der Waals surface area contributed by atoms with Crippen LogP contribution in [0, 0.1) is 0 Å². The van der Waals surface area contributed by atoms with Gasteiger partial charge in [0.25, 0.3) is 0 Å². The Morgan fingerprint density at radius 2 is 1.84 bits per heavy atom. The highest BCUT2D eigenvalue weighted by molar-refractivity contribution is 6.30. The number of unbranched alkanes of at least 4 members (excludes halogenated alkanes) is 5. The Bertz CT molecular complexity index is 366. The van der Waals surface area contributed by atoms with Crippen molar-refractivity contribution in [3.05, 3.63) is 28.8 Å². The molecule has 1 atom stereocenters. The number of benzene rings is 1. The van der Waals surface area contributed by atoms with Gasteiger partial charge in [0, 0.05) is 10.6 Å². The first-order chi connectivity index (χ1) is 9.19. The number of halogens is 1. The normalized spacial score (nSPS) is 12.4. The van der Waals surface area contributed by atoms with Crippen molar-refractivity contribution in [1.29, 1.82) is 0 Å². The second-order valence-electron chi connectivity index (χ2n) is 4.96. The summed E-state index contributed by atoms with van der Waals surface area (Å²) in [6, 6.07) is 5.40. The van der Waals surface area contributed by atoms with Crippen LogP contribution >= 0.6 is 11.6 Å². The number of hydrogen-bond acceptors (Lipinski definition) is 2. The first kappa shape index (κ1) is 16.3. The van der Waals surface area contributed by atoms with E-state index in [0.29, 0.717) is 10.8 Å². The number of hydrogen-bond donors (Lipinski definition) is 1. The fraction of sp³-hybridized carbons (Fsp3) is 0.625. The van der Waals surface area contributed by atoms with E-state index >= 15 is 0 Å². The van der Waals surface area contributed by atoms with Gasteiger partial charge in [-0.3, -0.25) is 0 Å². The quantitative estimate of drug-likeness (QED) is 0.637. The Balaban J connectivity index is 2.38. The van der Waals surface area contributed by atoms with Crippen LogP contribution in [-0.2, 0) is 0 Å². The molecular formula is C16H25ClO2. The topological polar surface area (TPSA) is 29.5 Å². The summed E-state index contributed by atoms with van der Waals surface area (Å²) in [7, 11) is 1.60. The lowest BCUT2D eigenvalue weighted by molar-refractivity contribution is 0.159. The lowest BCUT2D eigenvalue weighted by Crippen LogP contribution is -2.00. The molecule has 1 unspecified atom stereocenters. The zero-order valence-corrected chi connectivity index (χ0v) is 12.7. The molecule has 0 aliphatic rings. The molecule has 108 valence electrons. The van der Waals surface area contributed by atoms with Crippen LogP contribution in [0.2, 0.25) is 5.02 Å². The van der Waals surface area contributed by atoms with Crippen LogP contribution in [0.25, 0.3) is 0 Å². The van der Waals surface area contributed by atoms with E-state index in [2.05, 4.69) is 6.92 Å². The highest BCUT2D eigenvalue weighted by Gasteiger charge is 2.13. The molecular weight excluding hydrogens is 260 g/mol. The van der Waals surface area contributed by atoms with Gasteiger partial charge in [-0.05, 0) is 18.6 Å². The van der Waals surface area contributed by atoms with Crippen molar-refractivity contribution < 1.29 is 9.84 Å². The van der Waals surface area contributed by atoms with Crippen molar-refractivity contribution in [2.75, 3.05) is 7.11 Å². The van der Waals surface area contributed by atoms with Crippen molar-refractivity contribution in [2.45, 2.75) is 58.0 Å². The molecule has 0 aromatic heterocycles. The smallest absolute Gasteiger partial charge is 0.126 e. The molecule has 0 aliphatic heterocycles. The van der Waals surface area contributed by atoms with Gasteiger partial charge in [0.1, 0.15) is 5.75 Å². The molecule has 19 heavy (non-hydrogen) atoms. The van der Waals surface area contributed by atoms with Gasteiger partial charge in [-0.1, -0.05) is 63.1 Å². The molecule has 1 aromatic rings. The van der Waals surface area contributed by atoms with E-state index in [-0.39, 0.29) is 0 Å². The Morgan fingerprint density at radius 1 is 1.16 bits per heavy atom. The standard InChI is InChI=1S/C16H25ClO2/c1-3-4-5-6-7-8-9-15(18)14-11-10-13(17)12-16(14)19-2/h10-12,15,18H,3-9H2,1-2H3. The Morgan fingerprint density at radius 3 is 2.53 bits per heavy atom. The Labute approximate surface area is 121 Å². The van der Waals surface area contributed by atoms with E-state index in [4.69, 9.17) is 16.3 Å². The first-order valence-corrected chi connectivity index (χ1v) is 7.58. The van der Waals surface area contributed by atoms with Crippen LogP contribution in [-0.4, -0.2) is 12.2 Å². The molecule has 1 rings (SSSR count). The number of rotatable bonds is 9. The zero-order chi connectivity index (χ0) is 14.1. The van der Waals surface area contributed by atoms with Crippen LogP contribution in [0.1, 0.15) is 63.5 Å². The van der Waals surface area contributed by atoms with E-state index in [1.807, 2.05) is 6.07 Å². The fourth-order valence-corrected chi connectivity index (χ4v) is 2.40. The Kier molecular flexibility index (Phi) is 7.92. The van der Waals surface area contributed by atoms with Gasteiger partial charge in [-0.25, -0.2) is 0 Å². The van der Waals surface area contributed by atoms with Gasteiger partial charge >= 0.3 is 0 Å². The summed E-state index contributed by atoms with van der Waals surface area (Å²) in [5.74, 6) is 0.672. The number of methoxy groups -OCH3 is 1. The first-order valence-electron chi connectivity index (χ1n) is 7.20. The summed E-state index contributed by atoms with van der Waals surface area (Å²) in [5.41, 5.74) is 0.834. The van der Waals surface area contributed by atoms with Gasteiger partial charge in [-0.2, -0.15) is 0 Å². The summed E-state index contributed by atoms with van der Waals surface area (Å²) < 4.78 is 5.26. The summed E-state index contributed by atoms with van der Waals surface area (Å²) >= 11 is 5.91. The number of aliphatic hydroxyl groups excluding tert-OH is 1. The average molecular weight is 285 g/mol. The minimum Gasteiger partial charge on any atom is -0.496 e. The summed E-state index contributed by atoms with van der Waals surface area (Å²) in [4.78, 5) is 0. The van der Waals surface area contributed by atoms with Gasteiger partial charge in [-0.15, -0.1) is 0 Å². The molecule has 3 heteroatoms. The third-order valence-corrected chi connectivity index (χ3v) is 3.62. The average Bonchev–Trinajstić information content (AvgIpc) is 2.42. The van der Waals surface area contributed by atoms with Gasteiger partial charge in [0.2, 0.25) is 0 Å². The van der Waals surface area contributed by atoms with Crippen LogP contribution in [0.5, 0.6) is 5.75 Å². The molecule has 0 saturated carbocycles. The lowest BCUT2D eigenvalue weighted by atomic mass is 10.0. The maximum Gasteiger partial charge on any atom is 0.126 e. The van der Waals surface area contributed by atoms with E-state index in [1.54, 1.807) is 19.2 Å². The molecule has 0 bridgehead atoms. The molecule has 0 fully saturated rings. The predicted octanol–water partition coefficient (Wildman–Crippen LogP) is 5.13. The Hall–Kier alpha value is -0.730. The van der Waals surface area contributed by atoms with Crippen LogP contribution in [0.3, 0.4) is 0 Å². The van der Waals surface area contributed by atoms with Crippen LogP contribution in [0.15, 0.2) is 18.2 Å². The zero-order valence-electron chi connectivity index (χ0n) is 12.0. The third-order valence-electron chi connectivity index (χ3n) is 3.39. The molecule has 0 heterocycles. The van der Waals surface area contributed by atoms with Crippen molar-refractivity contribution in [3.8, 4) is 5.75 Å². The van der Waals surface area contributed by atoms with Gasteiger partial charge in [0.05, 0.1) is 13.2 Å². The molecule has 2 nitrogen and oxygen atoms in total. The SMILES string of the molecule is CCCCCCCCC(O)c1ccc(Cl)cc1OC. The van der Waals surface area contributed by atoms with Crippen LogP contribution < -0.4 is 4.74 Å². The van der Waals surface area contributed by atoms with Crippen molar-refractivity contribution >= 4 is 11.6 Å². The highest BCUT2D eigenvalue weighted by Crippen LogP contribution is 2.31. The van der Waals surface area contributed by atoms with E-state index in [9.17, 15) is 5.11 Å². The lowest BCUT2D eigenvalue weighted by Gasteiger charge is -2.15. The predicted molar refractivity (Wildman–Crippen MR) is 81.0 cm³/mol. The van der Waals surface area contributed by atoms with Gasteiger partial charge < -0.3 is 9.84 Å². The van der Waals surface area contributed by atoms with Crippen molar-refractivity contribution in [1.82, 2.24) is 0 Å². The molecule has 0 amide bonds. The van der Waals surface area contributed by atoms with Crippen LogP contribution in [0.4, 0.5) is 0 Å².